The highest BCUT2D eigenvalue weighted by Crippen LogP contribution is 2.17. The lowest BCUT2D eigenvalue weighted by Crippen LogP contribution is -2.46. The maximum absolute atomic E-state index is 13.2. The Labute approximate surface area is 378 Å². The Morgan fingerprint density at radius 3 is 1.33 bits per heavy atom. The molecular formula is C55H99NO5. The number of carbonyl (C=O) groups is 2. The first kappa shape index (κ1) is 58.6. The Kier molecular flexibility index (Phi) is 46.6. The fourth-order valence-corrected chi connectivity index (χ4v) is 7.59. The lowest BCUT2D eigenvalue weighted by atomic mass is 10.0. The van der Waals surface area contributed by atoms with E-state index in [2.05, 4.69) is 86.8 Å². The number of aliphatic hydroxyl groups is 2. The van der Waals surface area contributed by atoms with Crippen molar-refractivity contribution < 1.29 is 24.5 Å². The highest BCUT2D eigenvalue weighted by molar-refractivity contribution is 5.77. The Morgan fingerprint density at radius 1 is 0.475 bits per heavy atom. The average Bonchev–Trinajstić information content (AvgIpc) is 3.25. The molecule has 0 rings (SSSR count). The quantitative estimate of drug-likeness (QED) is 0.0322. The zero-order chi connectivity index (χ0) is 44.5. The van der Waals surface area contributed by atoms with Gasteiger partial charge in [0, 0.05) is 6.42 Å². The predicted molar refractivity (Wildman–Crippen MR) is 264 cm³/mol. The molecule has 0 aromatic rings. The zero-order valence-electron chi connectivity index (χ0n) is 40.3. The van der Waals surface area contributed by atoms with Crippen LogP contribution in [-0.2, 0) is 14.3 Å². The second kappa shape index (κ2) is 48.6. The number of amides is 1. The largest absolute Gasteiger partial charge is 0.462 e. The summed E-state index contributed by atoms with van der Waals surface area (Å²) in [5.74, 6) is -0.547. The van der Waals surface area contributed by atoms with E-state index < -0.39 is 18.2 Å². The van der Waals surface area contributed by atoms with Gasteiger partial charge in [-0.05, 0) is 89.9 Å². The van der Waals surface area contributed by atoms with Crippen molar-refractivity contribution in [3.05, 3.63) is 60.8 Å². The van der Waals surface area contributed by atoms with Crippen molar-refractivity contribution in [3.8, 4) is 0 Å². The monoisotopic (exact) mass is 854 g/mol. The Hall–Kier alpha value is -2.44. The standard InChI is InChI=1S/C55H99NO5/c1-4-7-10-13-16-19-22-25-26-27-28-30-33-36-39-42-45-48-55(60)61-51(46-43-40-37-34-31-29-23-20-17-14-11-8-5-2)49-54(59)56-52(50-57)53(58)47-44-41-38-35-32-24-21-18-15-12-9-6-3/h16,19-20,23,25-26,28,30,36,39,51-53,57-58H,4-15,17-18,21-22,24,27,29,31-35,37-38,40-50H2,1-3H3,(H,56,59)/b19-16-,23-20-,26-25-,30-28-,39-36-. The molecule has 0 aliphatic rings. The van der Waals surface area contributed by atoms with Crippen LogP contribution < -0.4 is 5.32 Å². The van der Waals surface area contributed by atoms with Gasteiger partial charge in [0.05, 0.1) is 25.2 Å². The molecule has 0 saturated heterocycles. The van der Waals surface area contributed by atoms with Crippen molar-refractivity contribution in [1.82, 2.24) is 5.32 Å². The molecule has 0 aromatic heterocycles. The topological polar surface area (TPSA) is 95.9 Å². The van der Waals surface area contributed by atoms with Crippen LogP contribution in [0.2, 0.25) is 0 Å². The molecule has 3 atom stereocenters. The molecule has 6 nitrogen and oxygen atoms in total. The number of rotatable bonds is 46. The number of esters is 1. The van der Waals surface area contributed by atoms with Crippen molar-refractivity contribution in [2.45, 2.75) is 270 Å². The van der Waals surface area contributed by atoms with Gasteiger partial charge in [-0.25, -0.2) is 0 Å². The number of ether oxygens (including phenoxy) is 1. The first-order valence-electron chi connectivity index (χ1n) is 26.0. The molecule has 354 valence electrons. The molecule has 0 heterocycles. The van der Waals surface area contributed by atoms with Gasteiger partial charge in [0.15, 0.2) is 0 Å². The first-order chi connectivity index (χ1) is 30.0. The van der Waals surface area contributed by atoms with Crippen molar-refractivity contribution in [2.75, 3.05) is 6.61 Å². The third kappa shape index (κ3) is 44.0. The highest BCUT2D eigenvalue weighted by atomic mass is 16.5. The summed E-state index contributed by atoms with van der Waals surface area (Å²) in [6.45, 7) is 6.42. The summed E-state index contributed by atoms with van der Waals surface area (Å²) >= 11 is 0. The summed E-state index contributed by atoms with van der Waals surface area (Å²) in [6, 6.07) is -0.715. The lowest BCUT2D eigenvalue weighted by molar-refractivity contribution is -0.151. The van der Waals surface area contributed by atoms with Crippen LogP contribution in [0.25, 0.3) is 0 Å². The van der Waals surface area contributed by atoms with Crippen molar-refractivity contribution >= 4 is 11.9 Å². The molecule has 0 aromatic carbocycles. The molecule has 6 heteroatoms. The van der Waals surface area contributed by atoms with E-state index in [0.29, 0.717) is 25.7 Å². The molecule has 0 aliphatic carbocycles. The number of unbranched alkanes of at least 4 members (excludes halogenated alkanes) is 24. The van der Waals surface area contributed by atoms with E-state index in [0.717, 1.165) is 70.6 Å². The van der Waals surface area contributed by atoms with Crippen LogP contribution in [0.1, 0.15) is 252 Å². The third-order valence-electron chi connectivity index (χ3n) is 11.6. The van der Waals surface area contributed by atoms with Gasteiger partial charge in [-0.2, -0.15) is 0 Å². The number of nitrogens with one attached hydrogen (secondary N) is 1. The van der Waals surface area contributed by atoms with E-state index in [9.17, 15) is 19.8 Å². The van der Waals surface area contributed by atoms with Gasteiger partial charge in [0.1, 0.15) is 6.10 Å². The summed E-state index contributed by atoms with van der Waals surface area (Å²) in [4.78, 5) is 26.1. The van der Waals surface area contributed by atoms with Gasteiger partial charge in [-0.3, -0.25) is 9.59 Å². The first-order valence-corrected chi connectivity index (χ1v) is 26.0. The SMILES string of the molecule is CCCCC/C=C\C/C=C\C/C=C\C/C=C\CCCC(=O)OC(CCCCCCC/C=C\CCCCCC)CC(=O)NC(CO)C(O)CCCCCCCCCCCCCC. The smallest absolute Gasteiger partial charge is 0.306 e. The molecular weight excluding hydrogens is 755 g/mol. The Morgan fingerprint density at radius 2 is 0.836 bits per heavy atom. The molecule has 0 spiro atoms. The van der Waals surface area contributed by atoms with Crippen LogP contribution in [0.5, 0.6) is 0 Å². The van der Waals surface area contributed by atoms with Gasteiger partial charge in [-0.1, -0.05) is 210 Å². The van der Waals surface area contributed by atoms with Gasteiger partial charge in [0.25, 0.3) is 0 Å². The van der Waals surface area contributed by atoms with Crippen LogP contribution in [0.4, 0.5) is 0 Å². The molecule has 61 heavy (non-hydrogen) atoms. The fraction of sp³-hybridized carbons (Fsp3) is 0.782. The van der Waals surface area contributed by atoms with Crippen molar-refractivity contribution in [3.63, 3.8) is 0 Å². The second-order valence-electron chi connectivity index (χ2n) is 17.6. The summed E-state index contributed by atoms with van der Waals surface area (Å²) in [5.41, 5.74) is 0. The molecule has 3 unspecified atom stereocenters. The van der Waals surface area contributed by atoms with E-state index in [1.807, 2.05) is 0 Å². The molecule has 1 amide bonds. The zero-order valence-corrected chi connectivity index (χ0v) is 40.3. The lowest BCUT2D eigenvalue weighted by Gasteiger charge is -2.24. The maximum Gasteiger partial charge on any atom is 0.306 e. The number of allylic oxidation sites excluding steroid dienone is 10. The van der Waals surface area contributed by atoms with Crippen LogP contribution in [0.3, 0.4) is 0 Å². The molecule has 0 bridgehead atoms. The van der Waals surface area contributed by atoms with Crippen LogP contribution >= 0.6 is 0 Å². The molecule has 3 N–H and O–H groups in total. The highest BCUT2D eigenvalue weighted by Gasteiger charge is 2.24. The summed E-state index contributed by atoms with van der Waals surface area (Å²) in [5, 5.41) is 23.7. The average molecular weight is 854 g/mol. The minimum atomic E-state index is -0.799. The fourth-order valence-electron chi connectivity index (χ4n) is 7.59. The van der Waals surface area contributed by atoms with Gasteiger partial charge < -0.3 is 20.3 Å². The minimum absolute atomic E-state index is 0.0494. The Bertz CT molecular complexity index is 1090. The summed E-state index contributed by atoms with van der Waals surface area (Å²) in [6.07, 6.45) is 59.9. The van der Waals surface area contributed by atoms with Gasteiger partial charge in [0.2, 0.25) is 5.91 Å². The molecule has 0 fully saturated rings. The van der Waals surface area contributed by atoms with E-state index in [1.54, 1.807) is 0 Å². The van der Waals surface area contributed by atoms with E-state index in [4.69, 9.17) is 4.74 Å². The second-order valence-corrected chi connectivity index (χ2v) is 17.6. The number of hydrogen-bond donors (Lipinski definition) is 3. The summed E-state index contributed by atoms with van der Waals surface area (Å²) in [7, 11) is 0. The molecule has 0 aliphatic heterocycles. The van der Waals surface area contributed by atoms with Crippen LogP contribution in [-0.4, -0.2) is 46.9 Å². The van der Waals surface area contributed by atoms with E-state index in [-0.39, 0.29) is 24.9 Å². The van der Waals surface area contributed by atoms with E-state index >= 15 is 0 Å². The molecule has 0 saturated carbocycles. The summed E-state index contributed by atoms with van der Waals surface area (Å²) < 4.78 is 5.90. The van der Waals surface area contributed by atoms with Crippen LogP contribution in [0, 0.1) is 0 Å². The van der Waals surface area contributed by atoms with Gasteiger partial charge >= 0.3 is 5.97 Å². The molecule has 0 radical (unpaired) electrons. The number of aliphatic hydroxyl groups excluding tert-OH is 2. The third-order valence-corrected chi connectivity index (χ3v) is 11.6. The minimum Gasteiger partial charge on any atom is -0.462 e. The van der Waals surface area contributed by atoms with Crippen LogP contribution in [0.15, 0.2) is 60.8 Å². The Balaban J connectivity index is 4.67. The van der Waals surface area contributed by atoms with Crippen molar-refractivity contribution in [2.24, 2.45) is 0 Å². The van der Waals surface area contributed by atoms with Gasteiger partial charge in [-0.15, -0.1) is 0 Å². The maximum atomic E-state index is 13.2. The van der Waals surface area contributed by atoms with Crippen molar-refractivity contribution in [1.29, 1.82) is 0 Å². The number of hydrogen-bond acceptors (Lipinski definition) is 5. The normalized spacial score (nSPS) is 13.7. The number of carbonyl (C=O) groups excluding carboxylic acids is 2. The predicted octanol–water partition coefficient (Wildman–Crippen LogP) is 15.6. The van der Waals surface area contributed by atoms with E-state index in [1.165, 1.54) is 128 Å².